The molecule has 1 aliphatic heterocycles. The molecule has 0 radical (unpaired) electrons. The monoisotopic (exact) mass is 475 g/mol. The Balaban J connectivity index is 1.86. The summed E-state index contributed by atoms with van der Waals surface area (Å²) in [5.41, 5.74) is 1.93. The Morgan fingerprint density at radius 3 is 2.16 bits per heavy atom. The second kappa shape index (κ2) is 9.01. The first-order valence-corrected chi connectivity index (χ1v) is 12.3. The zero-order valence-corrected chi connectivity index (χ0v) is 20.0. The van der Waals surface area contributed by atoms with E-state index in [4.69, 9.17) is 18.9 Å². The van der Waals surface area contributed by atoms with Gasteiger partial charge in [0.15, 0.2) is 23.0 Å². The number of methoxy groups -OCH3 is 4. The fourth-order valence-electron chi connectivity index (χ4n) is 4.04. The molecule has 0 spiro atoms. The standard InChI is InChI=1S/C23H25NO6S2/c1-27-18-8-7-16(13-20(18)29-3)32(25,26)24-10-9-15-12-19(28-2)21(30-4)14-17(15)23(24)22-6-5-11-31-22/h5-8,11-14,23H,9-10H2,1-4H3/t23-/m1/s1. The van der Waals surface area contributed by atoms with Crippen molar-refractivity contribution in [3.8, 4) is 23.0 Å². The molecule has 0 aliphatic carbocycles. The third kappa shape index (κ3) is 3.80. The summed E-state index contributed by atoms with van der Waals surface area (Å²) in [6.07, 6.45) is 0.560. The highest BCUT2D eigenvalue weighted by Crippen LogP contribution is 2.44. The van der Waals surface area contributed by atoms with Gasteiger partial charge in [0, 0.05) is 17.5 Å². The van der Waals surface area contributed by atoms with Crippen molar-refractivity contribution in [3.05, 3.63) is 63.8 Å². The molecule has 1 aromatic heterocycles. The molecule has 170 valence electrons. The summed E-state index contributed by atoms with van der Waals surface area (Å²) in [6.45, 7) is 0.335. The van der Waals surface area contributed by atoms with E-state index in [1.807, 2.05) is 29.6 Å². The predicted molar refractivity (Wildman–Crippen MR) is 123 cm³/mol. The molecule has 32 heavy (non-hydrogen) atoms. The molecule has 0 saturated carbocycles. The van der Waals surface area contributed by atoms with Gasteiger partial charge in [0.1, 0.15) is 0 Å². The fraction of sp³-hybridized carbons (Fsp3) is 0.304. The van der Waals surface area contributed by atoms with E-state index in [0.29, 0.717) is 36.0 Å². The van der Waals surface area contributed by atoms with Crippen LogP contribution in [0.4, 0.5) is 0 Å². The number of hydrogen-bond acceptors (Lipinski definition) is 7. The van der Waals surface area contributed by atoms with Crippen LogP contribution in [0.25, 0.3) is 0 Å². The molecule has 0 amide bonds. The summed E-state index contributed by atoms with van der Waals surface area (Å²) in [6, 6.07) is 11.9. The summed E-state index contributed by atoms with van der Waals surface area (Å²) in [4.78, 5) is 1.09. The normalized spacial score (nSPS) is 16.3. The van der Waals surface area contributed by atoms with Crippen molar-refractivity contribution in [2.75, 3.05) is 35.0 Å². The maximum atomic E-state index is 13.8. The summed E-state index contributed by atoms with van der Waals surface area (Å²) >= 11 is 1.52. The van der Waals surface area contributed by atoms with E-state index in [2.05, 4.69) is 0 Å². The van der Waals surface area contributed by atoms with E-state index in [1.54, 1.807) is 30.7 Å². The maximum Gasteiger partial charge on any atom is 0.244 e. The lowest BCUT2D eigenvalue weighted by Gasteiger charge is -2.36. The third-order valence-electron chi connectivity index (χ3n) is 5.60. The van der Waals surface area contributed by atoms with Gasteiger partial charge in [-0.15, -0.1) is 11.3 Å². The van der Waals surface area contributed by atoms with Crippen molar-refractivity contribution in [2.24, 2.45) is 0 Å². The highest BCUT2D eigenvalue weighted by Gasteiger charge is 2.39. The van der Waals surface area contributed by atoms with Crippen LogP contribution in [0.3, 0.4) is 0 Å². The average Bonchev–Trinajstić information content (AvgIpc) is 3.36. The molecule has 0 saturated heterocycles. The first-order valence-electron chi connectivity index (χ1n) is 9.96. The van der Waals surface area contributed by atoms with Gasteiger partial charge in [-0.2, -0.15) is 4.31 Å². The highest BCUT2D eigenvalue weighted by molar-refractivity contribution is 7.89. The zero-order chi connectivity index (χ0) is 22.9. The van der Waals surface area contributed by atoms with Crippen molar-refractivity contribution < 1.29 is 27.4 Å². The number of ether oxygens (including phenoxy) is 4. The van der Waals surface area contributed by atoms with Gasteiger partial charge in [-0.05, 0) is 53.3 Å². The molecule has 1 atom stereocenters. The second-order valence-corrected chi connectivity index (χ2v) is 10.1. The number of nitrogens with zero attached hydrogens (tertiary/aromatic N) is 1. The van der Waals surface area contributed by atoms with Gasteiger partial charge in [0.05, 0.1) is 39.4 Å². The molecule has 0 bridgehead atoms. The van der Waals surface area contributed by atoms with Crippen molar-refractivity contribution in [1.29, 1.82) is 0 Å². The first kappa shape index (κ1) is 22.4. The maximum absolute atomic E-state index is 13.8. The lowest BCUT2D eigenvalue weighted by molar-refractivity contribution is 0.333. The number of hydrogen-bond donors (Lipinski definition) is 0. The van der Waals surface area contributed by atoms with Crippen LogP contribution in [0, 0.1) is 0 Å². The van der Waals surface area contributed by atoms with Gasteiger partial charge in [-0.3, -0.25) is 0 Å². The minimum absolute atomic E-state index is 0.153. The Hall–Kier alpha value is -2.75. The zero-order valence-electron chi connectivity index (χ0n) is 18.3. The molecule has 2 aromatic carbocycles. The molecule has 1 aliphatic rings. The van der Waals surface area contributed by atoms with Crippen LogP contribution in [-0.4, -0.2) is 47.7 Å². The van der Waals surface area contributed by atoms with Gasteiger partial charge < -0.3 is 18.9 Å². The van der Waals surface area contributed by atoms with Crippen molar-refractivity contribution >= 4 is 21.4 Å². The van der Waals surface area contributed by atoms with Crippen molar-refractivity contribution in [2.45, 2.75) is 17.4 Å². The van der Waals surface area contributed by atoms with Crippen LogP contribution in [0.2, 0.25) is 0 Å². The van der Waals surface area contributed by atoms with Gasteiger partial charge in [-0.1, -0.05) is 6.07 Å². The largest absolute Gasteiger partial charge is 0.493 e. The minimum atomic E-state index is -3.84. The van der Waals surface area contributed by atoms with Gasteiger partial charge in [0.25, 0.3) is 0 Å². The van der Waals surface area contributed by atoms with E-state index in [1.165, 1.54) is 31.6 Å². The lowest BCUT2D eigenvalue weighted by Crippen LogP contribution is -2.40. The van der Waals surface area contributed by atoms with Crippen LogP contribution in [0.15, 0.2) is 52.7 Å². The van der Waals surface area contributed by atoms with E-state index in [-0.39, 0.29) is 4.90 Å². The Kier molecular flexibility index (Phi) is 6.32. The van der Waals surface area contributed by atoms with Gasteiger partial charge in [0.2, 0.25) is 10.0 Å². The van der Waals surface area contributed by atoms with Crippen LogP contribution < -0.4 is 18.9 Å². The summed E-state index contributed by atoms with van der Waals surface area (Å²) in [7, 11) is 2.33. The van der Waals surface area contributed by atoms with E-state index in [9.17, 15) is 8.42 Å². The molecule has 4 rings (SSSR count). The van der Waals surface area contributed by atoms with Gasteiger partial charge >= 0.3 is 0 Å². The van der Waals surface area contributed by atoms with E-state index < -0.39 is 16.1 Å². The molecule has 0 unspecified atom stereocenters. The SMILES string of the molecule is COc1ccc(S(=O)(=O)N2CCc3cc(OC)c(OC)cc3[C@@H]2c2cccs2)cc1OC. The highest BCUT2D eigenvalue weighted by atomic mass is 32.2. The molecular formula is C23H25NO6S2. The smallest absolute Gasteiger partial charge is 0.244 e. The number of benzene rings is 2. The number of thiophene rings is 1. The van der Waals surface area contributed by atoms with Crippen LogP contribution in [0.5, 0.6) is 23.0 Å². The molecule has 2 heterocycles. The topological polar surface area (TPSA) is 74.3 Å². The Morgan fingerprint density at radius 2 is 1.53 bits per heavy atom. The quantitative estimate of drug-likeness (QED) is 0.512. The van der Waals surface area contributed by atoms with Crippen molar-refractivity contribution in [1.82, 2.24) is 4.31 Å². The summed E-state index contributed by atoms with van der Waals surface area (Å²) in [5, 5.41) is 1.95. The molecule has 3 aromatic rings. The summed E-state index contributed by atoms with van der Waals surface area (Å²) in [5.74, 6) is 2.04. The third-order valence-corrected chi connectivity index (χ3v) is 8.39. The number of sulfonamides is 1. The molecular weight excluding hydrogens is 450 g/mol. The molecule has 0 fully saturated rings. The molecule has 0 N–H and O–H groups in total. The molecule has 9 heteroatoms. The Bertz CT molecular complexity index is 1210. The first-order chi connectivity index (χ1) is 15.4. The van der Waals surface area contributed by atoms with Gasteiger partial charge in [-0.25, -0.2) is 8.42 Å². The Morgan fingerprint density at radius 1 is 0.875 bits per heavy atom. The average molecular weight is 476 g/mol. The van der Waals surface area contributed by atoms with Crippen LogP contribution in [0.1, 0.15) is 22.0 Å². The predicted octanol–water partition coefficient (Wildman–Crippen LogP) is 4.12. The van der Waals surface area contributed by atoms with Crippen LogP contribution >= 0.6 is 11.3 Å². The number of rotatable bonds is 7. The Labute approximate surface area is 192 Å². The lowest BCUT2D eigenvalue weighted by atomic mass is 9.92. The summed E-state index contributed by atoms with van der Waals surface area (Å²) < 4.78 is 50.8. The number of fused-ring (bicyclic) bond motifs is 1. The second-order valence-electron chi connectivity index (χ2n) is 7.21. The van der Waals surface area contributed by atoms with E-state index in [0.717, 1.165) is 16.0 Å². The fourth-order valence-corrected chi connectivity index (χ4v) is 6.56. The molecule has 7 nitrogen and oxygen atoms in total. The minimum Gasteiger partial charge on any atom is -0.493 e. The van der Waals surface area contributed by atoms with Crippen molar-refractivity contribution in [3.63, 3.8) is 0 Å². The van der Waals surface area contributed by atoms with Crippen LogP contribution in [-0.2, 0) is 16.4 Å². The van der Waals surface area contributed by atoms with E-state index >= 15 is 0 Å².